The van der Waals surface area contributed by atoms with Gasteiger partial charge in [0.15, 0.2) is 0 Å². The Bertz CT molecular complexity index is 582. The first kappa shape index (κ1) is 18.8. The molecule has 1 heterocycles. The molecule has 1 atom stereocenters. The van der Waals surface area contributed by atoms with Crippen molar-refractivity contribution in [1.29, 1.82) is 0 Å². The second-order valence-corrected chi connectivity index (χ2v) is 9.23. The molecule has 0 aromatic heterocycles. The molecular formula is C21H32N2O4. The van der Waals surface area contributed by atoms with E-state index in [0.717, 1.165) is 32.1 Å². The topological polar surface area (TPSA) is 75.7 Å². The van der Waals surface area contributed by atoms with Gasteiger partial charge in [0.05, 0.1) is 13.2 Å². The minimum Gasteiger partial charge on any atom is -0.464 e. The number of carbonyl (C=O) groups is 3. The van der Waals surface area contributed by atoms with Gasteiger partial charge in [-0.15, -0.1) is 0 Å². The summed E-state index contributed by atoms with van der Waals surface area (Å²) in [5.74, 6) is 1.69. The maximum Gasteiger partial charge on any atom is 0.328 e. The zero-order valence-electron chi connectivity index (χ0n) is 16.4. The molecule has 4 aliphatic carbocycles. The van der Waals surface area contributed by atoms with Crippen LogP contribution in [0, 0.1) is 23.2 Å². The van der Waals surface area contributed by atoms with Crippen molar-refractivity contribution >= 4 is 17.8 Å². The van der Waals surface area contributed by atoms with Crippen molar-refractivity contribution < 1.29 is 19.1 Å². The van der Waals surface area contributed by atoms with E-state index in [4.69, 9.17) is 4.74 Å². The second-order valence-electron chi connectivity index (χ2n) is 9.23. The summed E-state index contributed by atoms with van der Waals surface area (Å²) in [5, 5.41) is 2.95. The highest BCUT2D eigenvalue weighted by Gasteiger charge is 2.54. The van der Waals surface area contributed by atoms with Crippen LogP contribution in [0.2, 0.25) is 0 Å². The van der Waals surface area contributed by atoms with Gasteiger partial charge in [0.1, 0.15) is 6.04 Å². The normalized spacial score (nSPS) is 37.1. The number of amides is 2. The summed E-state index contributed by atoms with van der Waals surface area (Å²) in [6, 6.07) is -0.498. The van der Waals surface area contributed by atoms with Gasteiger partial charge in [0, 0.05) is 12.0 Å². The van der Waals surface area contributed by atoms with Crippen molar-refractivity contribution in [2.75, 3.05) is 19.7 Å². The van der Waals surface area contributed by atoms with Crippen molar-refractivity contribution in [3.8, 4) is 0 Å². The van der Waals surface area contributed by atoms with Crippen LogP contribution in [0.3, 0.4) is 0 Å². The minimum absolute atomic E-state index is 0.00348. The fraction of sp³-hybridized carbons (Fsp3) is 0.857. The number of ether oxygens (including phenoxy) is 1. The molecule has 4 bridgehead atoms. The van der Waals surface area contributed by atoms with E-state index in [1.807, 2.05) is 0 Å². The molecule has 1 saturated heterocycles. The van der Waals surface area contributed by atoms with E-state index in [2.05, 4.69) is 5.32 Å². The summed E-state index contributed by atoms with van der Waals surface area (Å²) < 4.78 is 5.13. The molecule has 0 spiro atoms. The Hall–Kier alpha value is -1.59. The molecule has 0 radical (unpaired) electrons. The third-order valence-electron chi connectivity index (χ3n) is 7.30. The molecule has 150 valence electrons. The van der Waals surface area contributed by atoms with Gasteiger partial charge in [-0.1, -0.05) is 0 Å². The number of esters is 1. The lowest BCUT2D eigenvalue weighted by molar-refractivity contribution is -0.157. The molecule has 1 unspecified atom stereocenters. The van der Waals surface area contributed by atoms with E-state index in [0.29, 0.717) is 37.3 Å². The fourth-order valence-corrected chi connectivity index (χ4v) is 6.55. The molecule has 4 saturated carbocycles. The van der Waals surface area contributed by atoms with E-state index >= 15 is 0 Å². The van der Waals surface area contributed by atoms with E-state index in [1.165, 1.54) is 19.3 Å². The SMILES string of the molecule is CCOC(=O)C1CCCCN1C(=O)CNC(=O)C12CC3CC(CC(C3)C1)C2. The maximum absolute atomic E-state index is 13.0. The van der Waals surface area contributed by atoms with Crippen LogP contribution in [0.4, 0.5) is 0 Å². The van der Waals surface area contributed by atoms with Crippen molar-refractivity contribution in [3.63, 3.8) is 0 Å². The molecule has 0 aromatic rings. The van der Waals surface area contributed by atoms with Crippen molar-refractivity contribution in [3.05, 3.63) is 0 Å². The van der Waals surface area contributed by atoms with Crippen LogP contribution in [0.15, 0.2) is 0 Å². The number of hydrogen-bond acceptors (Lipinski definition) is 4. The highest BCUT2D eigenvalue weighted by molar-refractivity contribution is 5.90. The van der Waals surface area contributed by atoms with Gasteiger partial charge in [-0.2, -0.15) is 0 Å². The van der Waals surface area contributed by atoms with E-state index in [1.54, 1.807) is 11.8 Å². The summed E-state index contributed by atoms with van der Waals surface area (Å²) in [5.41, 5.74) is -0.239. The molecule has 6 nitrogen and oxygen atoms in total. The van der Waals surface area contributed by atoms with Crippen molar-refractivity contribution in [2.24, 2.45) is 23.2 Å². The van der Waals surface area contributed by atoms with Crippen LogP contribution < -0.4 is 5.32 Å². The number of nitrogens with one attached hydrogen (secondary N) is 1. The lowest BCUT2D eigenvalue weighted by Gasteiger charge is -2.55. The predicted octanol–water partition coefficient (Wildman–Crippen LogP) is 2.26. The molecule has 1 N–H and O–H groups in total. The van der Waals surface area contributed by atoms with E-state index in [9.17, 15) is 14.4 Å². The van der Waals surface area contributed by atoms with Crippen LogP contribution in [0.1, 0.15) is 64.7 Å². The average molecular weight is 376 g/mol. The first-order valence-electron chi connectivity index (χ1n) is 10.7. The zero-order chi connectivity index (χ0) is 19.0. The number of rotatable bonds is 5. The molecule has 2 amide bonds. The van der Waals surface area contributed by atoms with Gasteiger partial charge in [-0.05, 0) is 82.5 Å². The molecule has 5 fully saturated rings. The average Bonchev–Trinajstić information content (AvgIpc) is 2.65. The molecule has 27 heavy (non-hydrogen) atoms. The maximum atomic E-state index is 13.0. The first-order chi connectivity index (χ1) is 13.0. The Balaban J connectivity index is 1.36. The Morgan fingerprint density at radius 2 is 1.67 bits per heavy atom. The summed E-state index contributed by atoms with van der Waals surface area (Å²) in [6.07, 6.45) is 9.32. The van der Waals surface area contributed by atoms with Gasteiger partial charge in [-0.25, -0.2) is 4.79 Å². The van der Waals surface area contributed by atoms with Gasteiger partial charge in [0.2, 0.25) is 11.8 Å². The summed E-state index contributed by atoms with van der Waals surface area (Å²) >= 11 is 0. The standard InChI is InChI=1S/C21H32N2O4/c1-2-27-19(25)17-5-3-4-6-23(17)18(24)13-22-20(26)21-10-14-7-15(11-21)9-16(8-14)12-21/h14-17H,2-13H2,1H3,(H,22,26). The number of nitrogens with zero attached hydrogens (tertiary/aromatic N) is 1. The highest BCUT2D eigenvalue weighted by atomic mass is 16.5. The molecule has 5 rings (SSSR count). The Labute approximate surface area is 161 Å². The highest BCUT2D eigenvalue weighted by Crippen LogP contribution is 2.60. The quantitative estimate of drug-likeness (QED) is 0.747. The van der Waals surface area contributed by atoms with Crippen molar-refractivity contribution in [2.45, 2.75) is 70.8 Å². The Kier molecular flexibility index (Phi) is 5.17. The largest absolute Gasteiger partial charge is 0.464 e. The van der Waals surface area contributed by atoms with E-state index < -0.39 is 6.04 Å². The fourth-order valence-electron chi connectivity index (χ4n) is 6.55. The lowest BCUT2D eigenvalue weighted by atomic mass is 9.49. The number of carbonyl (C=O) groups excluding carboxylic acids is 3. The van der Waals surface area contributed by atoms with Gasteiger partial charge < -0.3 is 15.0 Å². The number of hydrogen-bond donors (Lipinski definition) is 1. The van der Waals surface area contributed by atoms with Crippen LogP contribution in [-0.2, 0) is 19.1 Å². The number of likely N-dealkylation sites (tertiary alicyclic amines) is 1. The zero-order valence-corrected chi connectivity index (χ0v) is 16.4. The monoisotopic (exact) mass is 376 g/mol. The van der Waals surface area contributed by atoms with Gasteiger partial charge >= 0.3 is 5.97 Å². The summed E-state index contributed by atoms with van der Waals surface area (Å²) in [6.45, 7) is 2.66. The first-order valence-corrected chi connectivity index (χ1v) is 10.7. The second kappa shape index (κ2) is 7.44. The molecule has 0 aromatic carbocycles. The summed E-state index contributed by atoms with van der Waals surface area (Å²) in [4.78, 5) is 39.6. The molecule has 6 heteroatoms. The van der Waals surface area contributed by atoms with Crippen LogP contribution in [0.5, 0.6) is 0 Å². The van der Waals surface area contributed by atoms with Crippen LogP contribution >= 0.6 is 0 Å². The molecule has 5 aliphatic rings. The van der Waals surface area contributed by atoms with E-state index in [-0.39, 0.29) is 29.7 Å². The summed E-state index contributed by atoms with van der Waals surface area (Å²) in [7, 11) is 0. The Morgan fingerprint density at radius 3 is 2.26 bits per heavy atom. The third-order valence-corrected chi connectivity index (χ3v) is 7.30. The van der Waals surface area contributed by atoms with Gasteiger partial charge in [-0.3, -0.25) is 9.59 Å². The Morgan fingerprint density at radius 1 is 1.04 bits per heavy atom. The van der Waals surface area contributed by atoms with Gasteiger partial charge in [0.25, 0.3) is 0 Å². The predicted molar refractivity (Wildman–Crippen MR) is 99.6 cm³/mol. The minimum atomic E-state index is -0.498. The van der Waals surface area contributed by atoms with Crippen LogP contribution in [-0.4, -0.2) is 48.4 Å². The number of piperidine rings is 1. The third kappa shape index (κ3) is 3.59. The van der Waals surface area contributed by atoms with Crippen LogP contribution in [0.25, 0.3) is 0 Å². The lowest BCUT2D eigenvalue weighted by Crippen LogP contribution is -2.56. The molecule has 1 aliphatic heterocycles. The molecular weight excluding hydrogens is 344 g/mol. The smallest absolute Gasteiger partial charge is 0.328 e. The van der Waals surface area contributed by atoms with Crippen molar-refractivity contribution in [1.82, 2.24) is 10.2 Å².